The summed E-state index contributed by atoms with van der Waals surface area (Å²) in [4.78, 5) is 0. The fourth-order valence-corrected chi connectivity index (χ4v) is 1.23. The number of rotatable bonds is 0. The highest BCUT2D eigenvalue weighted by Gasteiger charge is 2.19. The van der Waals surface area contributed by atoms with E-state index in [0.29, 0.717) is 11.1 Å². The van der Waals surface area contributed by atoms with E-state index < -0.39 is 11.6 Å². The van der Waals surface area contributed by atoms with Gasteiger partial charge >= 0.3 is 0 Å². The van der Waals surface area contributed by atoms with Crippen molar-refractivity contribution in [3.05, 3.63) is 34.9 Å². The van der Waals surface area contributed by atoms with Gasteiger partial charge in [0, 0.05) is 6.07 Å². The largest absolute Gasteiger partial charge is 0.207 e. The molecule has 0 nitrogen and oxygen atoms in total. The van der Waals surface area contributed by atoms with Gasteiger partial charge in [-0.3, -0.25) is 0 Å². The van der Waals surface area contributed by atoms with Crippen molar-refractivity contribution in [2.75, 3.05) is 0 Å². The van der Waals surface area contributed by atoms with Gasteiger partial charge in [-0.2, -0.15) is 0 Å². The topological polar surface area (TPSA) is 0 Å². The Balaban J connectivity index is 3.32. The summed E-state index contributed by atoms with van der Waals surface area (Å²) < 4.78 is 26.2. The maximum Gasteiger partial charge on any atom is 0.129 e. The zero-order valence-corrected chi connectivity index (χ0v) is 8.41. The van der Waals surface area contributed by atoms with Crippen LogP contribution in [0.25, 0.3) is 0 Å². The van der Waals surface area contributed by atoms with E-state index in [1.54, 1.807) is 13.0 Å². The molecule has 0 bridgehead atoms. The van der Waals surface area contributed by atoms with E-state index in [1.807, 2.05) is 20.8 Å². The summed E-state index contributed by atoms with van der Waals surface area (Å²) in [6, 6.07) is 2.53. The van der Waals surface area contributed by atoms with E-state index >= 15 is 0 Å². The van der Waals surface area contributed by atoms with Gasteiger partial charge in [0.25, 0.3) is 0 Å². The Bertz CT molecular complexity index is 322. The SMILES string of the molecule is Cc1cc(C(C)(C)C)c(F)cc1F. The Morgan fingerprint density at radius 2 is 1.54 bits per heavy atom. The second-order valence-corrected chi connectivity index (χ2v) is 4.33. The highest BCUT2D eigenvalue weighted by Crippen LogP contribution is 2.26. The number of halogens is 2. The predicted octanol–water partition coefficient (Wildman–Crippen LogP) is 3.57. The van der Waals surface area contributed by atoms with Gasteiger partial charge in [0.05, 0.1) is 0 Å². The molecule has 0 atom stereocenters. The molecule has 0 heterocycles. The second-order valence-electron chi connectivity index (χ2n) is 4.33. The summed E-state index contributed by atoms with van der Waals surface area (Å²) in [5.74, 6) is -0.943. The smallest absolute Gasteiger partial charge is 0.129 e. The Morgan fingerprint density at radius 3 is 2.00 bits per heavy atom. The first kappa shape index (κ1) is 10.2. The molecule has 0 aromatic heterocycles. The zero-order valence-electron chi connectivity index (χ0n) is 8.41. The number of hydrogen-bond acceptors (Lipinski definition) is 0. The molecule has 0 aliphatic heterocycles. The molecule has 0 amide bonds. The van der Waals surface area contributed by atoms with Gasteiger partial charge in [-0.15, -0.1) is 0 Å². The third-order valence-corrected chi connectivity index (χ3v) is 2.06. The summed E-state index contributed by atoms with van der Waals surface area (Å²) in [5, 5.41) is 0. The van der Waals surface area contributed by atoms with Gasteiger partial charge in [0.2, 0.25) is 0 Å². The Morgan fingerprint density at radius 1 is 1.00 bits per heavy atom. The molecule has 0 radical (unpaired) electrons. The first-order valence-electron chi connectivity index (χ1n) is 4.28. The minimum Gasteiger partial charge on any atom is -0.207 e. The molecule has 0 N–H and O–H groups in total. The van der Waals surface area contributed by atoms with E-state index in [0.717, 1.165) is 6.07 Å². The summed E-state index contributed by atoms with van der Waals surface area (Å²) in [5.41, 5.74) is 0.778. The first-order chi connectivity index (χ1) is 5.82. The van der Waals surface area contributed by atoms with Crippen molar-refractivity contribution < 1.29 is 8.78 Å². The van der Waals surface area contributed by atoms with Gasteiger partial charge in [-0.25, -0.2) is 8.78 Å². The van der Waals surface area contributed by atoms with E-state index in [-0.39, 0.29) is 5.41 Å². The van der Waals surface area contributed by atoms with E-state index in [4.69, 9.17) is 0 Å². The standard InChI is InChI=1S/C11H14F2/c1-7-5-8(11(2,3)4)10(13)6-9(7)12/h5-6H,1-4H3. The normalized spacial score (nSPS) is 11.8. The van der Waals surface area contributed by atoms with Gasteiger partial charge in [-0.05, 0) is 29.5 Å². The minimum absolute atomic E-state index is 0.275. The quantitative estimate of drug-likeness (QED) is 0.578. The van der Waals surface area contributed by atoms with Crippen molar-refractivity contribution in [3.8, 4) is 0 Å². The van der Waals surface area contributed by atoms with Crippen LogP contribution in [0.1, 0.15) is 31.9 Å². The third-order valence-electron chi connectivity index (χ3n) is 2.06. The first-order valence-corrected chi connectivity index (χ1v) is 4.28. The number of hydrogen-bond donors (Lipinski definition) is 0. The molecule has 0 aliphatic carbocycles. The fraction of sp³-hybridized carbons (Fsp3) is 0.455. The molecule has 1 aromatic rings. The molecule has 0 spiro atoms. The van der Waals surface area contributed by atoms with Crippen molar-refractivity contribution in [2.24, 2.45) is 0 Å². The molecule has 0 saturated carbocycles. The van der Waals surface area contributed by atoms with Gasteiger partial charge in [-0.1, -0.05) is 20.8 Å². The second kappa shape index (κ2) is 3.09. The Kier molecular flexibility index (Phi) is 2.42. The van der Waals surface area contributed by atoms with Crippen molar-refractivity contribution in [2.45, 2.75) is 33.1 Å². The molecule has 1 rings (SSSR count). The van der Waals surface area contributed by atoms with Crippen molar-refractivity contribution in [3.63, 3.8) is 0 Å². The maximum atomic E-state index is 13.3. The van der Waals surface area contributed by atoms with Crippen molar-refractivity contribution in [1.82, 2.24) is 0 Å². The molecule has 2 heteroatoms. The van der Waals surface area contributed by atoms with E-state index in [2.05, 4.69) is 0 Å². The summed E-state index contributed by atoms with van der Waals surface area (Å²) in [6.45, 7) is 7.36. The van der Waals surface area contributed by atoms with Crippen LogP contribution in [0.5, 0.6) is 0 Å². The lowest BCUT2D eigenvalue weighted by Crippen LogP contribution is -2.14. The third kappa shape index (κ3) is 2.06. The Labute approximate surface area is 77.6 Å². The molecule has 72 valence electrons. The van der Waals surface area contributed by atoms with E-state index in [1.165, 1.54) is 0 Å². The summed E-state index contributed by atoms with van der Waals surface area (Å²) in [7, 11) is 0. The lowest BCUT2D eigenvalue weighted by Gasteiger charge is -2.20. The van der Waals surface area contributed by atoms with Crippen LogP contribution in [0, 0.1) is 18.6 Å². The van der Waals surface area contributed by atoms with Crippen LogP contribution in [0.4, 0.5) is 8.78 Å². The van der Waals surface area contributed by atoms with Crippen LogP contribution < -0.4 is 0 Å². The lowest BCUT2D eigenvalue weighted by atomic mass is 9.86. The molecule has 0 fully saturated rings. The Hall–Kier alpha value is -0.920. The van der Waals surface area contributed by atoms with Crippen LogP contribution in [0.3, 0.4) is 0 Å². The fourth-order valence-electron chi connectivity index (χ4n) is 1.23. The molecule has 13 heavy (non-hydrogen) atoms. The highest BCUT2D eigenvalue weighted by molar-refractivity contribution is 5.30. The zero-order chi connectivity index (χ0) is 10.2. The van der Waals surface area contributed by atoms with Crippen LogP contribution >= 0.6 is 0 Å². The predicted molar refractivity (Wildman–Crippen MR) is 49.8 cm³/mol. The number of aryl methyl sites for hydroxylation is 1. The van der Waals surface area contributed by atoms with Crippen LogP contribution in [0.15, 0.2) is 12.1 Å². The van der Waals surface area contributed by atoms with Crippen LogP contribution in [-0.2, 0) is 5.41 Å². The summed E-state index contributed by atoms with van der Waals surface area (Å²) >= 11 is 0. The molecule has 0 aliphatic rings. The van der Waals surface area contributed by atoms with Crippen LogP contribution in [0.2, 0.25) is 0 Å². The maximum absolute atomic E-state index is 13.3. The average Bonchev–Trinajstić information content (AvgIpc) is 1.94. The minimum atomic E-state index is -0.481. The van der Waals surface area contributed by atoms with Gasteiger partial charge < -0.3 is 0 Å². The number of benzene rings is 1. The molecule has 0 saturated heterocycles. The lowest BCUT2D eigenvalue weighted by molar-refractivity contribution is 0.509. The monoisotopic (exact) mass is 184 g/mol. The molecule has 0 unspecified atom stereocenters. The van der Waals surface area contributed by atoms with Crippen molar-refractivity contribution in [1.29, 1.82) is 0 Å². The molecular formula is C11H14F2. The van der Waals surface area contributed by atoms with E-state index in [9.17, 15) is 8.78 Å². The van der Waals surface area contributed by atoms with Crippen molar-refractivity contribution >= 4 is 0 Å². The molecule has 1 aromatic carbocycles. The van der Waals surface area contributed by atoms with Gasteiger partial charge in [0.1, 0.15) is 11.6 Å². The van der Waals surface area contributed by atoms with Crippen LogP contribution in [-0.4, -0.2) is 0 Å². The highest BCUT2D eigenvalue weighted by atomic mass is 19.1. The molecular weight excluding hydrogens is 170 g/mol. The van der Waals surface area contributed by atoms with Gasteiger partial charge in [0.15, 0.2) is 0 Å². The average molecular weight is 184 g/mol. The summed E-state index contributed by atoms with van der Waals surface area (Å²) in [6.07, 6.45) is 0.